The van der Waals surface area contributed by atoms with Gasteiger partial charge in [-0.05, 0) is 24.3 Å². The third-order valence-electron chi connectivity index (χ3n) is 5.34. The van der Waals surface area contributed by atoms with E-state index in [1.807, 2.05) is 36.7 Å². The Bertz CT molecular complexity index is 1000. The van der Waals surface area contributed by atoms with Crippen molar-refractivity contribution < 1.29 is 4.74 Å². The van der Waals surface area contributed by atoms with Crippen LogP contribution in [0.4, 0.5) is 17.6 Å². The maximum atomic E-state index is 6.04. The summed E-state index contributed by atoms with van der Waals surface area (Å²) in [6, 6.07) is 7.59. The Morgan fingerprint density at radius 2 is 1.52 bits per heavy atom. The Kier molecular flexibility index (Phi) is 5.03. The number of benzene rings is 1. The van der Waals surface area contributed by atoms with E-state index in [1.165, 1.54) is 0 Å². The van der Waals surface area contributed by atoms with Gasteiger partial charge in [0, 0.05) is 50.5 Å². The Balaban J connectivity index is 1.27. The van der Waals surface area contributed by atoms with Gasteiger partial charge >= 0.3 is 0 Å². The molecule has 150 valence electrons. The van der Waals surface area contributed by atoms with Gasteiger partial charge in [0.2, 0.25) is 5.95 Å². The molecule has 0 radical (unpaired) electrons. The molecule has 2 aliphatic heterocycles. The standard InChI is InChI=1S/C20H22ClN7O/c21-15-1-2-16-17(13-15)23-14-19(24-16)27-7-5-26(6-8-27)18-3-4-22-20(25-18)28-9-11-29-12-10-28/h1-4,13-14H,5-12H2. The molecule has 3 aromatic rings. The van der Waals surface area contributed by atoms with Crippen LogP contribution in [0.3, 0.4) is 0 Å². The van der Waals surface area contributed by atoms with E-state index < -0.39 is 0 Å². The molecule has 0 atom stereocenters. The van der Waals surface area contributed by atoms with Gasteiger partial charge in [0.15, 0.2) is 0 Å². The predicted octanol–water partition coefficient (Wildman–Crippen LogP) is 2.24. The van der Waals surface area contributed by atoms with Crippen LogP contribution in [-0.4, -0.2) is 72.4 Å². The van der Waals surface area contributed by atoms with Crippen molar-refractivity contribution in [3.8, 4) is 0 Å². The van der Waals surface area contributed by atoms with Gasteiger partial charge in [-0.15, -0.1) is 0 Å². The van der Waals surface area contributed by atoms with Crippen LogP contribution in [0.2, 0.25) is 5.02 Å². The Morgan fingerprint density at radius 1 is 0.759 bits per heavy atom. The minimum atomic E-state index is 0.675. The van der Waals surface area contributed by atoms with Crippen LogP contribution in [-0.2, 0) is 4.74 Å². The van der Waals surface area contributed by atoms with Crippen LogP contribution in [0.15, 0.2) is 36.7 Å². The molecule has 0 aliphatic carbocycles. The van der Waals surface area contributed by atoms with Crippen LogP contribution in [0.1, 0.15) is 0 Å². The summed E-state index contributed by atoms with van der Waals surface area (Å²) in [4.78, 5) is 25.3. The maximum Gasteiger partial charge on any atom is 0.227 e. The molecule has 2 aliphatic rings. The Hall–Kier alpha value is -2.71. The Morgan fingerprint density at radius 3 is 2.31 bits per heavy atom. The quantitative estimate of drug-likeness (QED) is 0.649. The van der Waals surface area contributed by atoms with E-state index in [-0.39, 0.29) is 0 Å². The summed E-state index contributed by atoms with van der Waals surface area (Å²) < 4.78 is 5.42. The first-order valence-electron chi connectivity index (χ1n) is 9.84. The lowest BCUT2D eigenvalue weighted by atomic mass is 10.3. The molecule has 2 aromatic heterocycles. The van der Waals surface area contributed by atoms with Crippen LogP contribution in [0, 0.1) is 0 Å². The first-order chi connectivity index (χ1) is 14.3. The highest BCUT2D eigenvalue weighted by molar-refractivity contribution is 6.31. The van der Waals surface area contributed by atoms with Gasteiger partial charge in [0.05, 0.1) is 30.4 Å². The summed E-state index contributed by atoms with van der Waals surface area (Å²) in [5.74, 6) is 2.66. The number of aromatic nitrogens is 4. The summed E-state index contributed by atoms with van der Waals surface area (Å²) in [7, 11) is 0. The number of rotatable bonds is 3. The molecule has 9 heteroatoms. The van der Waals surface area contributed by atoms with Crippen molar-refractivity contribution >= 4 is 40.2 Å². The molecule has 0 amide bonds. The van der Waals surface area contributed by atoms with Gasteiger partial charge in [0.25, 0.3) is 0 Å². The van der Waals surface area contributed by atoms with Crippen molar-refractivity contribution in [3.63, 3.8) is 0 Å². The SMILES string of the molecule is Clc1ccc2nc(N3CCN(c4ccnc(N5CCOCC5)n4)CC3)cnc2c1. The third-order valence-corrected chi connectivity index (χ3v) is 5.58. The number of ether oxygens (including phenoxy) is 1. The van der Waals surface area contributed by atoms with Gasteiger partial charge in [-0.25, -0.2) is 9.97 Å². The van der Waals surface area contributed by atoms with Gasteiger partial charge < -0.3 is 19.4 Å². The van der Waals surface area contributed by atoms with Gasteiger partial charge in [-0.2, -0.15) is 4.98 Å². The Labute approximate surface area is 174 Å². The van der Waals surface area contributed by atoms with Crippen molar-refractivity contribution in [2.45, 2.75) is 0 Å². The smallest absolute Gasteiger partial charge is 0.227 e. The number of hydrogen-bond acceptors (Lipinski definition) is 8. The number of nitrogens with zero attached hydrogens (tertiary/aromatic N) is 7. The minimum Gasteiger partial charge on any atom is -0.378 e. The summed E-state index contributed by atoms with van der Waals surface area (Å²) in [6.07, 6.45) is 3.68. The van der Waals surface area contributed by atoms with Crippen molar-refractivity contribution in [1.82, 2.24) is 19.9 Å². The predicted molar refractivity (Wildman–Crippen MR) is 114 cm³/mol. The molecule has 5 rings (SSSR count). The highest BCUT2D eigenvalue weighted by Crippen LogP contribution is 2.22. The molecule has 4 heterocycles. The molecule has 0 N–H and O–H groups in total. The monoisotopic (exact) mass is 411 g/mol. The summed E-state index contributed by atoms with van der Waals surface area (Å²) in [6.45, 7) is 6.61. The lowest BCUT2D eigenvalue weighted by Crippen LogP contribution is -2.47. The van der Waals surface area contributed by atoms with E-state index in [0.29, 0.717) is 5.02 Å². The van der Waals surface area contributed by atoms with E-state index in [0.717, 1.165) is 81.1 Å². The zero-order valence-corrected chi connectivity index (χ0v) is 16.8. The van der Waals surface area contributed by atoms with E-state index >= 15 is 0 Å². The van der Waals surface area contributed by atoms with E-state index in [4.69, 9.17) is 26.3 Å². The molecule has 8 nitrogen and oxygen atoms in total. The molecule has 2 fully saturated rings. The fourth-order valence-electron chi connectivity index (χ4n) is 3.72. The number of hydrogen-bond donors (Lipinski definition) is 0. The van der Waals surface area contributed by atoms with E-state index in [2.05, 4.69) is 24.7 Å². The van der Waals surface area contributed by atoms with Gasteiger partial charge in [-0.3, -0.25) is 4.98 Å². The fourth-order valence-corrected chi connectivity index (χ4v) is 3.89. The molecular weight excluding hydrogens is 390 g/mol. The average Bonchev–Trinajstić information content (AvgIpc) is 2.79. The summed E-state index contributed by atoms with van der Waals surface area (Å²) in [5.41, 5.74) is 1.68. The van der Waals surface area contributed by atoms with E-state index in [1.54, 1.807) is 0 Å². The number of fused-ring (bicyclic) bond motifs is 1. The van der Waals surface area contributed by atoms with Crippen LogP contribution >= 0.6 is 11.6 Å². The summed E-state index contributed by atoms with van der Waals surface area (Å²) in [5, 5.41) is 0.675. The number of piperazine rings is 1. The van der Waals surface area contributed by atoms with Crippen LogP contribution < -0.4 is 14.7 Å². The van der Waals surface area contributed by atoms with E-state index in [9.17, 15) is 0 Å². The molecule has 0 unspecified atom stereocenters. The highest BCUT2D eigenvalue weighted by Gasteiger charge is 2.21. The molecule has 29 heavy (non-hydrogen) atoms. The first kappa shape index (κ1) is 18.3. The van der Waals surface area contributed by atoms with Crippen LogP contribution in [0.25, 0.3) is 11.0 Å². The lowest BCUT2D eigenvalue weighted by Gasteiger charge is -2.36. The molecule has 0 saturated carbocycles. The van der Waals surface area contributed by atoms with Crippen LogP contribution in [0.5, 0.6) is 0 Å². The van der Waals surface area contributed by atoms with Gasteiger partial charge in [0.1, 0.15) is 11.6 Å². The van der Waals surface area contributed by atoms with Gasteiger partial charge in [-0.1, -0.05) is 11.6 Å². The lowest BCUT2D eigenvalue weighted by molar-refractivity contribution is 0.122. The first-order valence-corrected chi connectivity index (χ1v) is 10.2. The second-order valence-electron chi connectivity index (χ2n) is 7.15. The maximum absolute atomic E-state index is 6.04. The second-order valence-corrected chi connectivity index (χ2v) is 7.59. The normalized spacial score (nSPS) is 17.8. The van der Waals surface area contributed by atoms with Crippen molar-refractivity contribution in [2.75, 3.05) is 67.2 Å². The molecular formula is C20H22ClN7O. The summed E-state index contributed by atoms with van der Waals surface area (Å²) >= 11 is 6.04. The number of morpholine rings is 1. The van der Waals surface area contributed by atoms with Crippen molar-refractivity contribution in [2.24, 2.45) is 0 Å². The molecule has 0 bridgehead atoms. The highest BCUT2D eigenvalue weighted by atomic mass is 35.5. The second kappa shape index (κ2) is 7.96. The number of halogens is 1. The molecule has 2 saturated heterocycles. The zero-order valence-electron chi connectivity index (χ0n) is 16.0. The fraction of sp³-hybridized carbons (Fsp3) is 0.400. The van der Waals surface area contributed by atoms with Crippen molar-refractivity contribution in [1.29, 1.82) is 0 Å². The third kappa shape index (κ3) is 3.90. The minimum absolute atomic E-state index is 0.675. The molecule has 0 spiro atoms. The zero-order chi connectivity index (χ0) is 19.6. The largest absolute Gasteiger partial charge is 0.378 e. The average molecular weight is 412 g/mol. The number of anilines is 3. The van der Waals surface area contributed by atoms with Crippen molar-refractivity contribution in [3.05, 3.63) is 41.7 Å². The molecule has 1 aromatic carbocycles. The topological polar surface area (TPSA) is 70.5 Å².